The SMILES string of the molecule is CN1CCCC(Cn2c(=O)[nH]c3cccc(O)c32)C1. The minimum absolute atomic E-state index is 0.135. The number of hydrogen-bond donors (Lipinski definition) is 2. The van der Waals surface area contributed by atoms with Crippen molar-refractivity contribution >= 4 is 11.0 Å². The molecule has 1 fully saturated rings. The van der Waals surface area contributed by atoms with E-state index in [1.54, 1.807) is 16.7 Å². The van der Waals surface area contributed by atoms with E-state index in [0.717, 1.165) is 19.5 Å². The number of H-pyrrole nitrogens is 1. The molecular formula is C14H19N3O2. The highest BCUT2D eigenvalue weighted by Crippen LogP contribution is 2.24. The number of aromatic hydroxyl groups is 1. The number of fused-ring (bicyclic) bond motifs is 1. The van der Waals surface area contributed by atoms with E-state index < -0.39 is 0 Å². The van der Waals surface area contributed by atoms with Crippen molar-refractivity contribution in [3.63, 3.8) is 0 Å². The standard InChI is InChI=1S/C14H19N3O2/c1-16-7-3-4-10(8-16)9-17-13-11(15-14(17)19)5-2-6-12(13)18/h2,5-6,10,18H,3-4,7-9H2,1H3,(H,15,19). The Labute approximate surface area is 111 Å². The Morgan fingerprint density at radius 1 is 1.47 bits per heavy atom. The molecule has 102 valence electrons. The summed E-state index contributed by atoms with van der Waals surface area (Å²) in [6, 6.07) is 5.19. The molecule has 2 heterocycles. The van der Waals surface area contributed by atoms with E-state index >= 15 is 0 Å². The van der Waals surface area contributed by atoms with E-state index in [4.69, 9.17) is 0 Å². The maximum Gasteiger partial charge on any atom is 0.326 e. The van der Waals surface area contributed by atoms with Crippen LogP contribution in [0.25, 0.3) is 11.0 Å². The number of rotatable bonds is 2. The fraction of sp³-hybridized carbons (Fsp3) is 0.500. The first-order valence-corrected chi connectivity index (χ1v) is 6.74. The summed E-state index contributed by atoms with van der Waals surface area (Å²) < 4.78 is 1.68. The number of nitrogens with one attached hydrogen (secondary N) is 1. The van der Waals surface area contributed by atoms with Crippen molar-refractivity contribution in [2.75, 3.05) is 20.1 Å². The van der Waals surface area contributed by atoms with E-state index in [2.05, 4.69) is 16.9 Å². The third-order valence-corrected chi connectivity index (χ3v) is 3.93. The summed E-state index contributed by atoms with van der Waals surface area (Å²) in [4.78, 5) is 17.1. The van der Waals surface area contributed by atoms with E-state index in [1.165, 1.54) is 6.42 Å². The molecular weight excluding hydrogens is 242 g/mol. The van der Waals surface area contributed by atoms with Crippen LogP contribution in [-0.4, -0.2) is 39.7 Å². The number of phenolic OH excluding ortho intramolecular Hbond substituents is 1. The van der Waals surface area contributed by atoms with E-state index in [-0.39, 0.29) is 11.4 Å². The lowest BCUT2D eigenvalue weighted by Gasteiger charge is -2.29. The van der Waals surface area contributed by atoms with Crippen molar-refractivity contribution in [2.24, 2.45) is 5.92 Å². The van der Waals surface area contributed by atoms with Gasteiger partial charge in [0, 0.05) is 13.1 Å². The van der Waals surface area contributed by atoms with Crippen molar-refractivity contribution in [2.45, 2.75) is 19.4 Å². The van der Waals surface area contributed by atoms with Crippen LogP contribution >= 0.6 is 0 Å². The summed E-state index contributed by atoms with van der Waals surface area (Å²) in [5.41, 5.74) is 1.19. The summed E-state index contributed by atoms with van der Waals surface area (Å²) in [6.45, 7) is 2.80. The lowest BCUT2D eigenvalue weighted by atomic mass is 9.98. The third-order valence-electron chi connectivity index (χ3n) is 3.93. The number of aromatic amines is 1. The number of para-hydroxylation sites is 1. The van der Waals surface area contributed by atoms with Crippen LogP contribution in [0.5, 0.6) is 5.75 Å². The molecule has 0 saturated carbocycles. The first-order chi connectivity index (χ1) is 9.15. The van der Waals surface area contributed by atoms with Gasteiger partial charge in [0.2, 0.25) is 0 Å². The van der Waals surface area contributed by atoms with Crippen LogP contribution in [0.1, 0.15) is 12.8 Å². The molecule has 1 aromatic heterocycles. The van der Waals surface area contributed by atoms with Gasteiger partial charge in [-0.05, 0) is 44.5 Å². The second-order valence-electron chi connectivity index (χ2n) is 5.48. The van der Waals surface area contributed by atoms with Gasteiger partial charge >= 0.3 is 5.69 Å². The smallest absolute Gasteiger partial charge is 0.326 e. The Kier molecular flexibility index (Phi) is 3.06. The summed E-state index contributed by atoms with van der Waals surface area (Å²) >= 11 is 0. The zero-order chi connectivity index (χ0) is 13.4. The van der Waals surface area contributed by atoms with Crippen molar-refractivity contribution < 1.29 is 5.11 Å². The van der Waals surface area contributed by atoms with Gasteiger partial charge in [-0.25, -0.2) is 4.79 Å². The topological polar surface area (TPSA) is 61.3 Å². The summed E-state index contributed by atoms with van der Waals surface area (Å²) in [6.07, 6.45) is 2.31. The predicted molar refractivity (Wildman–Crippen MR) is 74.4 cm³/mol. The normalized spacial score (nSPS) is 21.0. The average Bonchev–Trinajstić information content (AvgIpc) is 2.67. The molecule has 1 unspecified atom stereocenters. The van der Waals surface area contributed by atoms with Gasteiger partial charge in [-0.1, -0.05) is 6.07 Å². The predicted octanol–water partition coefficient (Wildman–Crippen LogP) is 1.38. The molecule has 1 aromatic carbocycles. The van der Waals surface area contributed by atoms with Crippen LogP contribution < -0.4 is 5.69 Å². The molecule has 1 aliphatic rings. The van der Waals surface area contributed by atoms with Gasteiger partial charge in [-0.3, -0.25) is 4.57 Å². The molecule has 0 radical (unpaired) electrons. The average molecular weight is 261 g/mol. The molecule has 0 bridgehead atoms. The summed E-state index contributed by atoms with van der Waals surface area (Å²) in [7, 11) is 2.11. The Morgan fingerprint density at radius 2 is 2.32 bits per heavy atom. The van der Waals surface area contributed by atoms with Crippen LogP contribution in [0.2, 0.25) is 0 Å². The largest absolute Gasteiger partial charge is 0.506 e. The molecule has 2 N–H and O–H groups in total. The lowest BCUT2D eigenvalue weighted by molar-refractivity contribution is 0.194. The highest BCUT2D eigenvalue weighted by atomic mass is 16.3. The van der Waals surface area contributed by atoms with Gasteiger partial charge in [-0.15, -0.1) is 0 Å². The monoisotopic (exact) mass is 261 g/mol. The number of imidazole rings is 1. The Bertz CT molecular complexity index is 644. The van der Waals surface area contributed by atoms with E-state index in [0.29, 0.717) is 23.5 Å². The fourth-order valence-electron chi connectivity index (χ4n) is 3.05. The first-order valence-electron chi connectivity index (χ1n) is 6.74. The van der Waals surface area contributed by atoms with Gasteiger partial charge in [0.25, 0.3) is 0 Å². The molecule has 3 rings (SSSR count). The van der Waals surface area contributed by atoms with Gasteiger partial charge < -0.3 is 15.0 Å². The second kappa shape index (κ2) is 4.74. The molecule has 0 amide bonds. The zero-order valence-electron chi connectivity index (χ0n) is 11.1. The minimum atomic E-state index is -0.135. The molecule has 5 heteroatoms. The molecule has 19 heavy (non-hydrogen) atoms. The number of piperidine rings is 1. The highest BCUT2D eigenvalue weighted by molar-refractivity contribution is 5.81. The van der Waals surface area contributed by atoms with Gasteiger partial charge in [0.05, 0.1) is 5.52 Å². The number of likely N-dealkylation sites (tertiary alicyclic amines) is 1. The van der Waals surface area contributed by atoms with Crippen LogP contribution in [0.3, 0.4) is 0 Å². The number of benzene rings is 1. The molecule has 2 aromatic rings. The lowest BCUT2D eigenvalue weighted by Crippen LogP contribution is -2.35. The Balaban J connectivity index is 1.96. The maximum absolute atomic E-state index is 12.0. The van der Waals surface area contributed by atoms with Crippen molar-refractivity contribution in [3.8, 4) is 5.75 Å². The van der Waals surface area contributed by atoms with Crippen LogP contribution in [-0.2, 0) is 6.54 Å². The zero-order valence-corrected chi connectivity index (χ0v) is 11.1. The Hall–Kier alpha value is -1.75. The van der Waals surface area contributed by atoms with E-state index in [9.17, 15) is 9.90 Å². The molecule has 0 spiro atoms. The first kappa shape index (κ1) is 12.3. The second-order valence-corrected chi connectivity index (χ2v) is 5.48. The number of hydrogen-bond acceptors (Lipinski definition) is 3. The third kappa shape index (κ3) is 2.26. The molecule has 1 aliphatic heterocycles. The number of aromatic nitrogens is 2. The Morgan fingerprint density at radius 3 is 3.11 bits per heavy atom. The maximum atomic E-state index is 12.0. The minimum Gasteiger partial charge on any atom is -0.506 e. The number of nitrogens with zero attached hydrogens (tertiary/aromatic N) is 2. The van der Waals surface area contributed by atoms with Gasteiger partial charge in [-0.2, -0.15) is 0 Å². The molecule has 5 nitrogen and oxygen atoms in total. The number of phenols is 1. The summed E-state index contributed by atoms with van der Waals surface area (Å²) in [5.74, 6) is 0.634. The molecule has 0 aliphatic carbocycles. The van der Waals surface area contributed by atoms with Gasteiger partial charge in [0.15, 0.2) is 0 Å². The van der Waals surface area contributed by atoms with Crippen molar-refractivity contribution in [3.05, 3.63) is 28.7 Å². The fourth-order valence-corrected chi connectivity index (χ4v) is 3.05. The van der Waals surface area contributed by atoms with Crippen molar-refractivity contribution in [1.29, 1.82) is 0 Å². The quantitative estimate of drug-likeness (QED) is 0.858. The van der Waals surface area contributed by atoms with Crippen LogP contribution in [0.15, 0.2) is 23.0 Å². The molecule has 1 atom stereocenters. The van der Waals surface area contributed by atoms with Crippen molar-refractivity contribution in [1.82, 2.24) is 14.5 Å². The van der Waals surface area contributed by atoms with Gasteiger partial charge in [0.1, 0.15) is 11.3 Å². The highest BCUT2D eigenvalue weighted by Gasteiger charge is 2.20. The molecule has 1 saturated heterocycles. The van der Waals surface area contributed by atoms with E-state index in [1.807, 2.05) is 6.07 Å². The van der Waals surface area contributed by atoms with Crippen LogP contribution in [0, 0.1) is 5.92 Å². The van der Waals surface area contributed by atoms with Crippen LogP contribution in [0.4, 0.5) is 0 Å². The summed E-state index contributed by atoms with van der Waals surface area (Å²) in [5, 5.41) is 9.96.